The number of hydrogen-bond donors (Lipinski definition) is 1. The minimum Gasteiger partial charge on any atom is -0.493 e. The van der Waals surface area contributed by atoms with Crippen molar-refractivity contribution in [2.75, 3.05) is 53.4 Å². The number of hydrogen-bond acceptors (Lipinski definition) is 5. The first-order chi connectivity index (χ1) is 10.7. The van der Waals surface area contributed by atoms with Crippen LogP contribution in [0.4, 0.5) is 0 Å². The van der Waals surface area contributed by atoms with E-state index in [1.54, 1.807) is 7.11 Å². The van der Waals surface area contributed by atoms with Crippen LogP contribution in [-0.4, -0.2) is 69.3 Å². The second-order valence-electron chi connectivity index (χ2n) is 6.08. The lowest BCUT2D eigenvalue weighted by Crippen LogP contribution is -2.51. The Morgan fingerprint density at radius 3 is 2.64 bits per heavy atom. The number of rotatable bonds is 5. The van der Waals surface area contributed by atoms with Crippen molar-refractivity contribution in [3.05, 3.63) is 22.2 Å². The summed E-state index contributed by atoms with van der Waals surface area (Å²) in [5, 5.41) is 3.39. The van der Waals surface area contributed by atoms with Crippen molar-refractivity contribution in [2.24, 2.45) is 0 Å². The molecule has 1 N–H and O–H groups in total. The van der Waals surface area contributed by atoms with Crippen LogP contribution < -0.4 is 14.8 Å². The van der Waals surface area contributed by atoms with Gasteiger partial charge < -0.3 is 14.8 Å². The van der Waals surface area contributed by atoms with Crippen molar-refractivity contribution in [1.29, 1.82) is 0 Å². The Balaban J connectivity index is 1.80. The van der Waals surface area contributed by atoms with E-state index in [1.165, 1.54) is 5.56 Å². The first kappa shape index (κ1) is 16.1. The maximum Gasteiger partial charge on any atom is 0.166 e. The third-order valence-corrected chi connectivity index (χ3v) is 4.69. The highest BCUT2D eigenvalue weighted by molar-refractivity contribution is 9.10. The number of nitrogens with zero attached hydrogens (tertiary/aromatic N) is 2. The average molecular weight is 370 g/mol. The molecule has 2 heterocycles. The van der Waals surface area contributed by atoms with Gasteiger partial charge in [-0.3, -0.25) is 9.80 Å². The van der Waals surface area contributed by atoms with Crippen LogP contribution in [0.5, 0.6) is 11.5 Å². The second-order valence-corrected chi connectivity index (χ2v) is 7.00. The molecule has 1 aromatic carbocycles. The molecule has 0 radical (unpaired) electrons. The molecule has 1 aromatic rings. The Morgan fingerprint density at radius 1 is 1.27 bits per heavy atom. The Hall–Kier alpha value is -0.820. The fourth-order valence-electron chi connectivity index (χ4n) is 3.02. The van der Waals surface area contributed by atoms with Crippen LogP contribution in [0.25, 0.3) is 0 Å². The fraction of sp³-hybridized carbons (Fsp3) is 0.625. The van der Waals surface area contributed by atoms with E-state index in [2.05, 4.69) is 44.2 Å². The molecule has 0 amide bonds. The molecule has 2 fully saturated rings. The highest BCUT2D eigenvalue weighted by Gasteiger charge is 2.27. The lowest BCUT2D eigenvalue weighted by atomic mass is 10.1. The molecule has 2 aliphatic rings. The van der Waals surface area contributed by atoms with Gasteiger partial charge in [0, 0.05) is 55.8 Å². The molecule has 22 heavy (non-hydrogen) atoms. The van der Waals surface area contributed by atoms with Crippen LogP contribution >= 0.6 is 15.9 Å². The van der Waals surface area contributed by atoms with Crippen molar-refractivity contribution < 1.29 is 9.47 Å². The molecule has 2 aliphatic heterocycles. The molecule has 6 heteroatoms. The second kappa shape index (κ2) is 7.17. The van der Waals surface area contributed by atoms with Gasteiger partial charge in [0.05, 0.1) is 7.11 Å². The van der Waals surface area contributed by atoms with E-state index in [9.17, 15) is 0 Å². The standard InChI is InChI=1S/C16H24BrN3O2/c1-19-10-14(11-19)22-16-12(7-13(17)8-15(16)21-2)9-20-5-3-18-4-6-20/h7-8,14,18H,3-6,9-11H2,1-2H3. The number of nitrogens with one attached hydrogen (secondary N) is 1. The molecule has 5 nitrogen and oxygen atoms in total. The van der Waals surface area contributed by atoms with Crippen LogP contribution in [-0.2, 0) is 6.54 Å². The molecule has 122 valence electrons. The van der Waals surface area contributed by atoms with E-state index in [0.29, 0.717) is 0 Å². The normalized spacial score (nSPS) is 20.7. The van der Waals surface area contributed by atoms with Gasteiger partial charge in [0.15, 0.2) is 11.5 Å². The zero-order chi connectivity index (χ0) is 15.5. The van der Waals surface area contributed by atoms with Gasteiger partial charge in [-0.1, -0.05) is 15.9 Å². The van der Waals surface area contributed by atoms with E-state index in [1.807, 2.05) is 6.07 Å². The summed E-state index contributed by atoms with van der Waals surface area (Å²) < 4.78 is 12.8. The van der Waals surface area contributed by atoms with E-state index in [-0.39, 0.29) is 6.10 Å². The van der Waals surface area contributed by atoms with Crippen LogP contribution in [0.1, 0.15) is 5.56 Å². The fourth-order valence-corrected chi connectivity index (χ4v) is 3.50. The lowest BCUT2D eigenvalue weighted by Gasteiger charge is -2.37. The first-order valence-corrected chi connectivity index (χ1v) is 8.59. The van der Waals surface area contributed by atoms with Gasteiger partial charge in [-0.15, -0.1) is 0 Å². The number of benzene rings is 1. The van der Waals surface area contributed by atoms with Crippen molar-refractivity contribution in [1.82, 2.24) is 15.1 Å². The maximum atomic E-state index is 6.24. The molecule has 3 rings (SSSR count). The Labute approximate surface area is 140 Å². The smallest absolute Gasteiger partial charge is 0.166 e. The molecule has 0 bridgehead atoms. The highest BCUT2D eigenvalue weighted by atomic mass is 79.9. The van der Waals surface area contributed by atoms with Gasteiger partial charge in [0.25, 0.3) is 0 Å². The summed E-state index contributed by atoms with van der Waals surface area (Å²) in [6.07, 6.45) is 0.266. The summed E-state index contributed by atoms with van der Waals surface area (Å²) in [5.74, 6) is 1.72. The Kier molecular flexibility index (Phi) is 5.23. The van der Waals surface area contributed by atoms with Crippen molar-refractivity contribution in [3.8, 4) is 11.5 Å². The minimum absolute atomic E-state index is 0.266. The van der Waals surface area contributed by atoms with E-state index in [0.717, 1.165) is 61.8 Å². The molecule has 0 atom stereocenters. The molecular formula is C16H24BrN3O2. The Bertz CT molecular complexity index is 514. The number of halogens is 1. The quantitative estimate of drug-likeness (QED) is 0.852. The van der Waals surface area contributed by atoms with Crippen molar-refractivity contribution in [3.63, 3.8) is 0 Å². The largest absolute Gasteiger partial charge is 0.493 e. The number of ether oxygens (including phenoxy) is 2. The van der Waals surface area contributed by atoms with Crippen LogP contribution in [0.3, 0.4) is 0 Å². The zero-order valence-electron chi connectivity index (χ0n) is 13.3. The number of likely N-dealkylation sites (N-methyl/N-ethyl adjacent to an activating group) is 1. The molecule has 0 aliphatic carbocycles. The summed E-state index contributed by atoms with van der Waals surface area (Å²) >= 11 is 3.58. The number of likely N-dealkylation sites (tertiary alicyclic amines) is 1. The zero-order valence-corrected chi connectivity index (χ0v) is 14.9. The van der Waals surface area contributed by atoms with Gasteiger partial charge >= 0.3 is 0 Å². The molecule has 0 spiro atoms. The SMILES string of the molecule is COc1cc(Br)cc(CN2CCNCC2)c1OC1CN(C)C1. The third kappa shape index (κ3) is 3.74. The summed E-state index contributed by atoms with van der Waals surface area (Å²) in [7, 11) is 3.82. The van der Waals surface area contributed by atoms with Crippen molar-refractivity contribution >= 4 is 15.9 Å². The van der Waals surface area contributed by atoms with Gasteiger partial charge in [-0.2, -0.15) is 0 Å². The number of methoxy groups -OCH3 is 1. The predicted octanol–water partition coefficient (Wildman–Crippen LogP) is 1.56. The summed E-state index contributed by atoms with van der Waals surface area (Å²) in [6.45, 7) is 7.10. The van der Waals surface area contributed by atoms with Crippen LogP contribution in [0.15, 0.2) is 16.6 Å². The monoisotopic (exact) mass is 369 g/mol. The molecular weight excluding hydrogens is 346 g/mol. The maximum absolute atomic E-state index is 6.24. The van der Waals surface area contributed by atoms with E-state index >= 15 is 0 Å². The first-order valence-electron chi connectivity index (χ1n) is 7.80. The topological polar surface area (TPSA) is 37.0 Å². The molecule has 0 saturated carbocycles. The minimum atomic E-state index is 0.266. The van der Waals surface area contributed by atoms with E-state index in [4.69, 9.17) is 9.47 Å². The van der Waals surface area contributed by atoms with Gasteiger partial charge in [0.1, 0.15) is 6.10 Å². The van der Waals surface area contributed by atoms with Gasteiger partial charge in [0.2, 0.25) is 0 Å². The average Bonchev–Trinajstić information content (AvgIpc) is 2.48. The molecule has 0 aromatic heterocycles. The predicted molar refractivity (Wildman–Crippen MR) is 90.8 cm³/mol. The van der Waals surface area contributed by atoms with Crippen molar-refractivity contribution in [2.45, 2.75) is 12.6 Å². The van der Waals surface area contributed by atoms with Crippen LogP contribution in [0, 0.1) is 0 Å². The van der Waals surface area contributed by atoms with Gasteiger partial charge in [-0.25, -0.2) is 0 Å². The molecule has 0 unspecified atom stereocenters. The number of piperazine rings is 1. The summed E-state index contributed by atoms with van der Waals surface area (Å²) in [4.78, 5) is 4.71. The van der Waals surface area contributed by atoms with E-state index < -0.39 is 0 Å². The summed E-state index contributed by atoms with van der Waals surface area (Å²) in [6, 6.07) is 4.14. The summed E-state index contributed by atoms with van der Waals surface area (Å²) in [5.41, 5.74) is 1.20. The van der Waals surface area contributed by atoms with Gasteiger partial charge in [-0.05, 0) is 19.2 Å². The highest BCUT2D eigenvalue weighted by Crippen LogP contribution is 2.37. The molecule has 2 saturated heterocycles. The van der Waals surface area contributed by atoms with Crippen LogP contribution in [0.2, 0.25) is 0 Å². The third-order valence-electron chi connectivity index (χ3n) is 4.24. The lowest BCUT2D eigenvalue weighted by molar-refractivity contribution is 0.0356. The Morgan fingerprint density at radius 2 is 2.00 bits per heavy atom.